The molecule has 1 aliphatic heterocycles. The third-order valence-electron chi connectivity index (χ3n) is 2.98. The van der Waals surface area contributed by atoms with Gasteiger partial charge in [0.15, 0.2) is 0 Å². The molecule has 0 atom stereocenters. The molecule has 0 aromatic carbocycles. The molecule has 0 N–H and O–H groups in total. The third kappa shape index (κ3) is 4.20. The summed E-state index contributed by atoms with van der Waals surface area (Å²) in [5.74, 6) is 0.633. The van der Waals surface area contributed by atoms with Crippen LogP contribution in [0.4, 0.5) is 5.95 Å². The van der Waals surface area contributed by atoms with Gasteiger partial charge in [-0.3, -0.25) is 4.90 Å². The predicted molar refractivity (Wildman–Crippen MR) is 72.1 cm³/mol. The average Bonchev–Trinajstić information content (AvgIpc) is 2.44. The van der Waals surface area contributed by atoms with Crippen LogP contribution < -0.4 is 4.90 Å². The molecule has 0 bridgehead atoms. The highest BCUT2D eigenvalue weighted by atomic mass is 35.5. The van der Waals surface area contributed by atoms with Crippen LogP contribution >= 0.6 is 11.6 Å². The Kier molecular flexibility index (Phi) is 5.14. The zero-order valence-electron chi connectivity index (χ0n) is 10.5. The van der Waals surface area contributed by atoms with E-state index >= 15 is 0 Å². The fraction of sp³-hybridized carbons (Fsp3) is 0.700. The van der Waals surface area contributed by atoms with Crippen molar-refractivity contribution in [3.8, 4) is 0 Å². The summed E-state index contributed by atoms with van der Waals surface area (Å²) in [6, 6.07) is 0. The van der Waals surface area contributed by atoms with Crippen LogP contribution in [-0.2, 0) is 0 Å². The average molecular weight is 283 g/mol. The van der Waals surface area contributed by atoms with E-state index in [2.05, 4.69) is 34.8 Å². The number of rotatable bonds is 5. The van der Waals surface area contributed by atoms with Crippen LogP contribution in [0, 0.1) is 0 Å². The Bertz CT molecular complexity index is 453. The van der Waals surface area contributed by atoms with Gasteiger partial charge < -0.3 is 4.90 Å². The predicted octanol–water partition coefficient (Wildman–Crippen LogP) is 1.35. The summed E-state index contributed by atoms with van der Waals surface area (Å²) in [5, 5.41) is 3.75. The monoisotopic (exact) mass is 282 g/mol. The van der Waals surface area contributed by atoms with Gasteiger partial charge in [-0.2, -0.15) is 4.98 Å². The van der Waals surface area contributed by atoms with E-state index in [-0.39, 0.29) is 5.28 Å². The summed E-state index contributed by atoms with van der Waals surface area (Å²) < 4.78 is 0. The first-order chi connectivity index (χ1) is 9.29. The second-order valence-corrected chi connectivity index (χ2v) is 4.53. The fourth-order valence-electron chi connectivity index (χ4n) is 2.00. The molecule has 0 amide bonds. The van der Waals surface area contributed by atoms with Gasteiger partial charge in [-0.15, -0.1) is 0 Å². The second-order valence-electron chi connectivity index (χ2n) is 4.19. The standard InChI is InChI=1S/C10H15ClN8/c11-9-13-8-14-10(16-9)19-6-4-18(5-7-19)3-1-2-15-17-12/h8H,1-7H2. The van der Waals surface area contributed by atoms with Crippen molar-refractivity contribution in [3.05, 3.63) is 22.1 Å². The van der Waals surface area contributed by atoms with Gasteiger partial charge in [0.05, 0.1) is 0 Å². The highest BCUT2D eigenvalue weighted by Gasteiger charge is 2.18. The van der Waals surface area contributed by atoms with E-state index in [0.29, 0.717) is 12.5 Å². The van der Waals surface area contributed by atoms with E-state index in [1.54, 1.807) is 0 Å². The molecule has 1 aliphatic rings. The van der Waals surface area contributed by atoms with Crippen molar-refractivity contribution >= 4 is 17.5 Å². The number of hydrogen-bond acceptors (Lipinski definition) is 6. The Morgan fingerprint density at radius 1 is 1.32 bits per heavy atom. The van der Waals surface area contributed by atoms with Gasteiger partial charge in [-0.1, -0.05) is 5.11 Å². The van der Waals surface area contributed by atoms with Crippen LogP contribution in [0.25, 0.3) is 10.4 Å². The Balaban J connectivity index is 1.77. The number of anilines is 1. The summed E-state index contributed by atoms with van der Waals surface area (Å²) in [6.07, 6.45) is 2.32. The molecule has 1 aromatic heterocycles. The lowest BCUT2D eigenvalue weighted by Gasteiger charge is -2.34. The highest BCUT2D eigenvalue weighted by molar-refractivity contribution is 6.28. The van der Waals surface area contributed by atoms with Crippen molar-refractivity contribution in [1.82, 2.24) is 19.9 Å². The lowest BCUT2D eigenvalue weighted by molar-refractivity contribution is 0.255. The van der Waals surface area contributed by atoms with Crippen molar-refractivity contribution in [2.24, 2.45) is 5.11 Å². The number of halogens is 1. The zero-order chi connectivity index (χ0) is 13.5. The highest BCUT2D eigenvalue weighted by Crippen LogP contribution is 2.12. The third-order valence-corrected chi connectivity index (χ3v) is 3.16. The summed E-state index contributed by atoms with van der Waals surface area (Å²) in [7, 11) is 0. The lowest BCUT2D eigenvalue weighted by atomic mass is 10.3. The first-order valence-corrected chi connectivity index (χ1v) is 6.50. The molecule has 0 saturated carbocycles. The van der Waals surface area contributed by atoms with E-state index in [4.69, 9.17) is 17.1 Å². The van der Waals surface area contributed by atoms with Gasteiger partial charge in [0.25, 0.3) is 0 Å². The summed E-state index contributed by atoms with van der Waals surface area (Å²) in [6.45, 7) is 5.12. The Morgan fingerprint density at radius 3 is 2.79 bits per heavy atom. The SMILES string of the molecule is [N-]=[N+]=NCCCN1CCN(c2ncnc(Cl)n2)CC1. The molecule has 1 saturated heterocycles. The van der Waals surface area contributed by atoms with Crippen molar-refractivity contribution in [1.29, 1.82) is 0 Å². The van der Waals surface area contributed by atoms with Crippen LogP contribution in [0.15, 0.2) is 11.4 Å². The molecule has 1 fully saturated rings. The molecule has 0 spiro atoms. The van der Waals surface area contributed by atoms with Gasteiger partial charge >= 0.3 is 0 Å². The van der Waals surface area contributed by atoms with Crippen molar-refractivity contribution in [2.45, 2.75) is 6.42 Å². The molecular weight excluding hydrogens is 268 g/mol. The maximum Gasteiger partial charge on any atom is 0.229 e. The molecule has 0 aliphatic carbocycles. The number of aromatic nitrogens is 3. The van der Waals surface area contributed by atoms with E-state index in [1.807, 2.05) is 0 Å². The summed E-state index contributed by atoms with van der Waals surface area (Å²) >= 11 is 5.75. The van der Waals surface area contributed by atoms with Crippen molar-refractivity contribution in [3.63, 3.8) is 0 Å². The zero-order valence-corrected chi connectivity index (χ0v) is 11.2. The number of azide groups is 1. The summed E-state index contributed by atoms with van der Waals surface area (Å²) in [5.41, 5.74) is 8.19. The number of piperazine rings is 1. The van der Waals surface area contributed by atoms with Crippen LogP contribution in [0.2, 0.25) is 5.28 Å². The first-order valence-electron chi connectivity index (χ1n) is 6.12. The van der Waals surface area contributed by atoms with Crippen LogP contribution in [0.1, 0.15) is 6.42 Å². The molecule has 9 heteroatoms. The molecule has 0 radical (unpaired) electrons. The van der Waals surface area contributed by atoms with Crippen molar-refractivity contribution < 1.29 is 0 Å². The molecule has 102 valence electrons. The topological polar surface area (TPSA) is 93.9 Å². The quantitative estimate of drug-likeness (QED) is 0.352. The van der Waals surface area contributed by atoms with Crippen LogP contribution in [0.3, 0.4) is 0 Å². The van der Waals surface area contributed by atoms with E-state index in [9.17, 15) is 0 Å². The minimum absolute atomic E-state index is 0.224. The van der Waals surface area contributed by atoms with Crippen LogP contribution in [0.5, 0.6) is 0 Å². The second kappa shape index (κ2) is 7.08. The maximum absolute atomic E-state index is 8.19. The molecule has 8 nitrogen and oxygen atoms in total. The smallest absolute Gasteiger partial charge is 0.229 e. The molecule has 19 heavy (non-hydrogen) atoms. The lowest BCUT2D eigenvalue weighted by Crippen LogP contribution is -2.47. The Labute approximate surface area is 116 Å². The molecule has 2 heterocycles. The Morgan fingerprint density at radius 2 is 2.11 bits per heavy atom. The van der Waals surface area contributed by atoms with Gasteiger partial charge in [0, 0.05) is 37.6 Å². The largest absolute Gasteiger partial charge is 0.338 e. The fourth-order valence-corrected chi connectivity index (χ4v) is 2.12. The first kappa shape index (κ1) is 13.8. The minimum Gasteiger partial charge on any atom is -0.338 e. The molecule has 2 rings (SSSR count). The molecule has 1 aromatic rings. The Hall–Kier alpha value is -1.63. The number of nitrogens with zero attached hydrogens (tertiary/aromatic N) is 8. The van der Waals surface area contributed by atoms with Crippen molar-refractivity contribution in [2.75, 3.05) is 44.2 Å². The maximum atomic E-state index is 8.19. The molecular formula is C10H15ClN8. The van der Waals surface area contributed by atoms with Gasteiger partial charge in [0.1, 0.15) is 6.33 Å². The van der Waals surface area contributed by atoms with Gasteiger partial charge in [-0.05, 0) is 30.1 Å². The van der Waals surface area contributed by atoms with Gasteiger partial charge in [-0.25, -0.2) is 9.97 Å². The van der Waals surface area contributed by atoms with Gasteiger partial charge in [0.2, 0.25) is 11.2 Å². The summed E-state index contributed by atoms with van der Waals surface area (Å²) in [4.78, 5) is 19.2. The van der Waals surface area contributed by atoms with Crippen LogP contribution in [-0.4, -0.2) is 59.1 Å². The minimum atomic E-state index is 0.224. The normalized spacial score (nSPS) is 16.2. The molecule has 0 unspecified atom stereocenters. The van der Waals surface area contributed by atoms with E-state index in [1.165, 1.54) is 6.33 Å². The van der Waals surface area contributed by atoms with E-state index in [0.717, 1.165) is 39.1 Å². The van der Waals surface area contributed by atoms with E-state index < -0.39 is 0 Å². The number of hydrogen-bond donors (Lipinski definition) is 0.